The Kier molecular flexibility index (Phi) is 5.47. The van der Waals surface area contributed by atoms with E-state index >= 15 is 0 Å². The second-order valence-corrected chi connectivity index (χ2v) is 6.08. The minimum atomic E-state index is -0.411. The first-order valence-corrected chi connectivity index (χ1v) is 8.49. The molecule has 0 fully saturated rings. The molecule has 2 N–H and O–H groups in total. The molecule has 2 aromatic heterocycles. The van der Waals surface area contributed by atoms with E-state index in [0.29, 0.717) is 42.0 Å². The third-order valence-corrected chi connectivity index (χ3v) is 4.01. The van der Waals surface area contributed by atoms with Crippen LogP contribution in [0.4, 0.5) is 11.5 Å². The first-order chi connectivity index (χ1) is 13.0. The third kappa shape index (κ3) is 4.70. The number of carbonyl (C=O) groups is 1. The normalized spacial score (nSPS) is 10.4. The van der Waals surface area contributed by atoms with E-state index in [1.54, 1.807) is 24.3 Å². The molecule has 0 saturated carbocycles. The van der Waals surface area contributed by atoms with Gasteiger partial charge in [0.05, 0.1) is 5.56 Å². The van der Waals surface area contributed by atoms with Gasteiger partial charge in [-0.2, -0.15) is 5.26 Å². The zero-order valence-electron chi connectivity index (χ0n) is 14.8. The number of fused-ring (bicyclic) bond motifs is 1. The molecule has 3 aromatic rings. The van der Waals surface area contributed by atoms with Gasteiger partial charge in [0, 0.05) is 42.4 Å². The van der Waals surface area contributed by atoms with E-state index in [2.05, 4.69) is 15.6 Å². The van der Waals surface area contributed by atoms with Crippen molar-refractivity contribution < 1.29 is 9.21 Å². The summed E-state index contributed by atoms with van der Waals surface area (Å²) >= 11 is 0. The van der Waals surface area contributed by atoms with Crippen molar-refractivity contribution >= 4 is 28.4 Å². The largest absolute Gasteiger partial charge is 0.423 e. The second-order valence-electron chi connectivity index (χ2n) is 6.08. The Balaban J connectivity index is 1.51. The number of hydrogen-bond donors (Lipinski definition) is 2. The molecule has 0 spiro atoms. The van der Waals surface area contributed by atoms with Crippen molar-refractivity contribution in [3.63, 3.8) is 0 Å². The minimum Gasteiger partial charge on any atom is -0.423 e. The fraction of sp³-hybridized carbons (Fsp3) is 0.200. The maximum atomic E-state index is 12.1. The molecule has 0 unspecified atom stereocenters. The van der Waals surface area contributed by atoms with Gasteiger partial charge in [0.1, 0.15) is 17.5 Å². The van der Waals surface area contributed by atoms with Gasteiger partial charge in [-0.1, -0.05) is 0 Å². The summed E-state index contributed by atoms with van der Waals surface area (Å²) in [6.45, 7) is 2.42. The first kappa shape index (κ1) is 18.1. The highest BCUT2D eigenvalue weighted by molar-refractivity contribution is 5.93. The lowest BCUT2D eigenvalue weighted by atomic mass is 10.1. The molecule has 27 heavy (non-hydrogen) atoms. The van der Waals surface area contributed by atoms with Crippen molar-refractivity contribution in [2.45, 2.75) is 19.8 Å². The van der Waals surface area contributed by atoms with Gasteiger partial charge < -0.3 is 15.1 Å². The number of carbonyl (C=O) groups excluding carboxylic acids is 1. The smallest absolute Gasteiger partial charge is 0.336 e. The molecule has 3 rings (SSSR count). The van der Waals surface area contributed by atoms with Crippen molar-refractivity contribution in [1.82, 2.24) is 4.98 Å². The van der Waals surface area contributed by atoms with Crippen molar-refractivity contribution in [2.75, 3.05) is 17.2 Å². The van der Waals surface area contributed by atoms with Crippen LogP contribution >= 0.6 is 0 Å². The van der Waals surface area contributed by atoms with E-state index in [1.165, 1.54) is 12.3 Å². The van der Waals surface area contributed by atoms with Gasteiger partial charge in [0.25, 0.3) is 0 Å². The maximum absolute atomic E-state index is 12.1. The van der Waals surface area contributed by atoms with E-state index in [1.807, 2.05) is 19.1 Å². The molecule has 136 valence electrons. The van der Waals surface area contributed by atoms with Crippen LogP contribution in [0.25, 0.3) is 11.0 Å². The van der Waals surface area contributed by atoms with E-state index in [-0.39, 0.29) is 5.91 Å². The van der Waals surface area contributed by atoms with Crippen LogP contribution in [0.1, 0.15) is 24.0 Å². The highest BCUT2D eigenvalue weighted by Gasteiger charge is 2.06. The maximum Gasteiger partial charge on any atom is 0.336 e. The highest BCUT2D eigenvalue weighted by atomic mass is 16.4. The Labute approximate surface area is 155 Å². The molecular formula is C20H18N4O3. The number of nitrogens with zero attached hydrogens (tertiary/aromatic N) is 2. The molecule has 0 aliphatic heterocycles. The van der Waals surface area contributed by atoms with Crippen LogP contribution in [0, 0.1) is 18.3 Å². The molecule has 2 heterocycles. The molecule has 0 bridgehead atoms. The predicted molar refractivity (Wildman–Crippen MR) is 103 cm³/mol. The van der Waals surface area contributed by atoms with Crippen molar-refractivity contribution in [3.05, 3.63) is 64.1 Å². The molecule has 7 heteroatoms. The van der Waals surface area contributed by atoms with Gasteiger partial charge >= 0.3 is 5.63 Å². The minimum absolute atomic E-state index is 0.126. The van der Waals surface area contributed by atoms with Crippen LogP contribution in [0.3, 0.4) is 0 Å². The number of aromatic nitrogens is 1. The van der Waals surface area contributed by atoms with E-state index in [0.717, 1.165) is 10.9 Å². The summed E-state index contributed by atoms with van der Waals surface area (Å²) in [5.41, 5.74) is 1.96. The topological polar surface area (TPSA) is 108 Å². The van der Waals surface area contributed by atoms with Crippen LogP contribution in [0.2, 0.25) is 0 Å². The molecule has 7 nitrogen and oxygen atoms in total. The summed E-state index contributed by atoms with van der Waals surface area (Å²) in [4.78, 5) is 27.7. The average molecular weight is 362 g/mol. The Morgan fingerprint density at radius 1 is 1.26 bits per heavy atom. The first-order valence-electron chi connectivity index (χ1n) is 8.49. The average Bonchev–Trinajstić information content (AvgIpc) is 2.65. The van der Waals surface area contributed by atoms with Gasteiger partial charge in [-0.15, -0.1) is 0 Å². The number of amides is 1. The number of aryl methyl sites for hydroxylation is 1. The SMILES string of the molecule is Cc1cc(=O)oc2cc(NC(=O)CCCNc3ccc(C#N)cn3)ccc12. The summed E-state index contributed by atoms with van der Waals surface area (Å²) in [6, 6.07) is 12.1. The van der Waals surface area contributed by atoms with Crippen LogP contribution in [0.5, 0.6) is 0 Å². The molecule has 0 saturated heterocycles. The monoisotopic (exact) mass is 362 g/mol. The number of nitrogens with one attached hydrogen (secondary N) is 2. The van der Waals surface area contributed by atoms with Gasteiger partial charge in [-0.25, -0.2) is 9.78 Å². The summed E-state index contributed by atoms with van der Waals surface area (Å²) in [7, 11) is 0. The Bertz CT molecular complexity index is 1070. The molecular weight excluding hydrogens is 344 g/mol. The van der Waals surface area contributed by atoms with Gasteiger partial charge in [0.2, 0.25) is 5.91 Å². The van der Waals surface area contributed by atoms with Crippen LogP contribution in [-0.4, -0.2) is 17.4 Å². The molecule has 1 aromatic carbocycles. The van der Waals surface area contributed by atoms with Crippen molar-refractivity contribution in [2.24, 2.45) is 0 Å². The lowest BCUT2D eigenvalue weighted by Gasteiger charge is -2.08. The van der Waals surface area contributed by atoms with E-state index in [4.69, 9.17) is 9.68 Å². The predicted octanol–water partition coefficient (Wildman–Crippen LogP) is 3.20. The molecule has 1 amide bonds. The molecule has 0 atom stereocenters. The zero-order chi connectivity index (χ0) is 19.2. The molecule has 0 aliphatic carbocycles. The molecule has 0 aliphatic rings. The number of hydrogen-bond acceptors (Lipinski definition) is 6. The quantitative estimate of drug-likeness (QED) is 0.515. The van der Waals surface area contributed by atoms with Gasteiger partial charge in [-0.3, -0.25) is 4.79 Å². The second kappa shape index (κ2) is 8.15. The van der Waals surface area contributed by atoms with Crippen LogP contribution < -0.4 is 16.3 Å². The Morgan fingerprint density at radius 2 is 2.11 bits per heavy atom. The summed E-state index contributed by atoms with van der Waals surface area (Å²) in [5.74, 6) is 0.535. The number of nitriles is 1. The van der Waals surface area contributed by atoms with Crippen LogP contribution in [-0.2, 0) is 4.79 Å². The standard InChI is InChI=1S/C20H18N4O3/c1-13-9-20(26)27-17-10-15(5-6-16(13)17)24-19(25)3-2-8-22-18-7-4-14(11-21)12-23-18/h4-7,9-10,12H,2-3,8H2,1H3,(H,22,23)(H,24,25). The number of pyridine rings is 1. The fourth-order valence-electron chi connectivity index (χ4n) is 2.66. The summed E-state index contributed by atoms with van der Waals surface area (Å²) in [6.07, 6.45) is 2.45. The number of rotatable bonds is 6. The van der Waals surface area contributed by atoms with Crippen LogP contribution in [0.15, 0.2) is 51.8 Å². The van der Waals surface area contributed by atoms with Gasteiger partial charge in [-0.05, 0) is 43.2 Å². The fourth-order valence-corrected chi connectivity index (χ4v) is 2.66. The summed E-state index contributed by atoms with van der Waals surface area (Å²) < 4.78 is 5.18. The Hall–Kier alpha value is -3.66. The van der Waals surface area contributed by atoms with E-state index < -0.39 is 5.63 Å². The number of benzene rings is 1. The van der Waals surface area contributed by atoms with Gasteiger partial charge in [0.15, 0.2) is 0 Å². The lowest BCUT2D eigenvalue weighted by Crippen LogP contribution is -2.13. The summed E-state index contributed by atoms with van der Waals surface area (Å²) in [5, 5.41) is 15.5. The highest BCUT2D eigenvalue weighted by Crippen LogP contribution is 2.20. The molecule has 0 radical (unpaired) electrons. The third-order valence-electron chi connectivity index (χ3n) is 4.01. The number of anilines is 2. The lowest BCUT2D eigenvalue weighted by molar-refractivity contribution is -0.116. The van der Waals surface area contributed by atoms with E-state index in [9.17, 15) is 9.59 Å². The Morgan fingerprint density at radius 3 is 2.85 bits per heavy atom. The van der Waals surface area contributed by atoms with Crippen molar-refractivity contribution in [3.8, 4) is 6.07 Å². The van der Waals surface area contributed by atoms with Crippen molar-refractivity contribution in [1.29, 1.82) is 5.26 Å². The zero-order valence-corrected chi connectivity index (χ0v) is 14.8.